The highest BCUT2D eigenvalue weighted by Gasteiger charge is 1.96. The van der Waals surface area contributed by atoms with E-state index in [-0.39, 0.29) is 5.91 Å². The number of aliphatic hydroxyl groups is 1. The first kappa shape index (κ1) is 20.1. The Morgan fingerprint density at radius 2 is 1.71 bits per heavy atom. The predicted molar refractivity (Wildman–Crippen MR) is 89.1 cm³/mol. The summed E-state index contributed by atoms with van der Waals surface area (Å²) in [6.45, 7) is 4.00. The molecule has 0 atom stereocenters. The van der Waals surface area contributed by atoms with E-state index in [0.29, 0.717) is 19.7 Å². The monoisotopic (exact) mass is 298 g/mol. The molecule has 0 aliphatic rings. The fourth-order valence-electron chi connectivity index (χ4n) is 2.02. The van der Waals surface area contributed by atoms with Gasteiger partial charge in [0.25, 0.3) is 0 Å². The van der Waals surface area contributed by atoms with E-state index in [9.17, 15) is 4.79 Å². The molecule has 0 heterocycles. The second-order valence-electron chi connectivity index (χ2n) is 5.44. The quantitative estimate of drug-likeness (QED) is 0.247. The molecule has 0 unspecified atom stereocenters. The summed E-state index contributed by atoms with van der Waals surface area (Å²) in [5, 5.41) is 14.8. The number of aliphatic hydroxyl groups excluding tert-OH is 1. The molecule has 0 spiro atoms. The first-order valence-electron chi connectivity index (χ1n) is 8.54. The van der Waals surface area contributed by atoms with E-state index in [4.69, 9.17) is 5.11 Å². The number of carbonyl (C=O) groups excluding carboxylic acids is 1. The number of nitrogens with one attached hydrogen (secondary N) is 2. The minimum absolute atomic E-state index is 0.0826. The van der Waals surface area contributed by atoms with Crippen LogP contribution >= 0.6 is 0 Å². The molecule has 0 aliphatic heterocycles. The summed E-state index contributed by atoms with van der Waals surface area (Å²) < 4.78 is 0. The number of hydrogen-bond acceptors (Lipinski definition) is 3. The average molecular weight is 298 g/mol. The summed E-state index contributed by atoms with van der Waals surface area (Å²) in [5.41, 5.74) is 0. The standard InChI is InChI=1S/C17H34N2O2/c1-2-3-4-7-10-13-17(21)19-16-18-14-11-8-5-6-9-12-15-20/h7,10,18,20H,2-6,8-9,11-16H2,1H3,(H,19,21)/b10-7+. The predicted octanol–water partition coefficient (Wildman–Crippen LogP) is 3.12. The molecule has 4 nitrogen and oxygen atoms in total. The van der Waals surface area contributed by atoms with Gasteiger partial charge in [-0.3, -0.25) is 10.1 Å². The lowest BCUT2D eigenvalue weighted by atomic mass is 10.1. The van der Waals surface area contributed by atoms with Crippen molar-refractivity contribution in [2.75, 3.05) is 19.8 Å². The highest BCUT2D eigenvalue weighted by Crippen LogP contribution is 2.04. The number of allylic oxidation sites excluding steroid dienone is 1. The smallest absolute Gasteiger partial charge is 0.224 e. The minimum atomic E-state index is 0.0826. The molecule has 124 valence electrons. The number of amides is 1. The molecule has 0 aromatic rings. The largest absolute Gasteiger partial charge is 0.396 e. The number of rotatable bonds is 15. The van der Waals surface area contributed by atoms with Gasteiger partial charge < -0.3 is 10.4 Å². The molecule has 0 radical (unpaired) electrons. The summed E-state index contributed by atoms with van der Waals surface area (Å²) in [7, 11) is 0. The lowest BCUT2D eigenvalue weighted by Crippen LogP contribution is -2.33. The van der Waals surface area contributed by atoms with Crippen LogP contribution in [-0.4, -0.2) is 30.8 Å². The Morgan fingerprint density at radius 1 is 1.00 bits per heavy atom. The van der Waals surface area contributed by atoms with E-state index < -0.39 is 0 Å². The van der Waals surface area contributed by atoms with Gasteiger partial charge in [-0.25, -0.2) is 0 Å². The first-order chi connectivity index (χ1) is 10.3. The van der Waals surface area contributed by atoms with Gasteiger partial charge in [-0.05, 0) is 25.8 Å². The van der Waals surface area contributed by atoms with Crippen LogP contribution in [0.25, 0.3) is 0 Å². The van der Waals surface area contributed by atoms with Gasteiger partial charge in [0.2, 0.25) is 5.91 Å². The van der Waals surface area contributed by atoms with Crippen LogP contribution in [0.15, 0.2) is 12.2 Å². The maximum atomic E-state index is 11.5. The van der Waals surface area contributed by atoms with Crippen molar-refractivity contribution >= 4 is 5.91 Å². The fraction of sp³-hybridized carbons (Fsp3) is 0.824. The molecule has 0 aromatic heterocycles. The summed E-state index contributed by atoms with van der Waals surface area (Å²) in [6.07, 6.45) is 14.8. The van der Waals surface area contributed by atoms with Crippen molar-refractivity contribution in [3.63, 3.8) is 0 Å². The molecule has 1 amide bonds. The molecule has 4 heteroatoms. The van der Waals surface area contributed by atoms with Gasteiger partial charge in [0.1, 0.15) is 0 Å². The molecular weight excluding hydrogens is 264 g/mol. The molecule has 0 aromatic carbocycles. The molecule has 0 rings (SSSR count). The Bertz CT molecular complexity index is 255. The topological polar surface area (TPSA) is 61.4 Å². The Kier molecular flexibility index (Phi) is 16.5. The maximum Gasteiger partial charge on any atom is 0.224 e. The third kappa shape index (κ3) is 17.1. The van der Waals surface area contributed by atoms with Crippen molar-refractivity contribution in [2.45, 2.75) is 71.1 Å². The highest BCUT2D eigenvalue weighted by molar-refractivity contribution is 5.77. The van der Waals surface area contributed by atoms with Crippen LogP contribution in [0.4, 0.5) is 0 Å². The molecule has 0 aliphatic carbocycles. The van der Waals surface area contributed by atoms with E-state index in [2.05, 4.69) is 23.6 Å². The van der Waals surface area contributed by atoms with Crippen molar-refractivity contribution in [1.82, 2.24) is 10.6 Å². The van der Waals surface area contributed by atoms with Gasteiger partial charge in [-0.1, -0.05) is 57.6 Å². The van der Waals surface area contributed by atoms with Crippen LogP contribution in [0.1, 0.15) is 71.1 Å². The average Bonchev–Trinajstić information content (AvgIpc) is 2.49. The lowest BCUT2D eigenvalue weighted by molar-refractivity contribution is -0.120. The van der Waals surface area contributed by atoms with Crippen LogP contribution in [-0.2, 0) is 4.79 Å². The van der Waals surface area contributed by atoms with E-state index in [1.807, 2.05) is 6.08 Å². The Labute approximate surface area is 130 Å². The van der Waals surface area contributed by atoms with Crippen molar-refractivity contribution < 1.29 is 9.90 Å². The zero-order valence-corrected chi connectivity index (χ0v) is 13.7. The Balaban J connectivity index is 3.19. The van der Waals surface area contributed by atoms with Crippen LogP contribution in [0.2, 0.25) is 0 Å². The van der Waals surface area contributed by atoms with E-state index >= 15 is 0 Å². The van der Waals surface area contributed by atoms with E-state index in [0.717, 1.165) is 32.2 Å². The minimum Gasteiger partial charge on any atom is -0.396 e. The second-order valence-corrected chi connectivity index (χ2v) is 5.44. The van der Waals surface area contributed by atoms with Crippen LogP contribution in [0, 0.1) is 0 Å². The van der Waals surface area contributed by atoms with Crippen molar-refractivity contribution in [3.05, 3.63) is 12.2 Å². The van der Waals surface area contributed by atoms with Gasteiger partial charge in [-0.15, -0.1) is 0 Å². The van der Waals surface area contributed by atoms with Gasteiger partial charge in [-0.2, -0.15) is 0 Å². The molecule has 0 bridgehead atoms. The van der Waals surface area contributed by atoms with Crippen LogP contribution in [0.3, 0.4) is 0 Å². The highest BCUT2D eigenvalue weighted by atomic mass is 16.2. The van der Waals surface area contributed by atoms with Crippen molar-refractivity contribution in [3.8, 4) is 0 Å². The summed E-state index contributed by atoms with van der Waals surface area (Å²) in [5.74, 6) is 0.0826. The summed E-state index contributed by atoms with van der Waals surface area (Å²) in [6, 6.07) is 0. The summed E-state index contributed by atoms with van der Waals surface area (Å²) in [4.78, 5) is 11.5. The van der Waals surface area contributed by atoms with Crippen molar-refractivity contribution in [1.29, 1.82) is 0 Å². The summed E-state index contributed by atoms with van der Waals surface area (Å²) >= 11 is 0. The molecule has 0 fully saturated rings. The second kappa shape index (κ2) is 17.2. The Morgan fingerprint density at radius 3 is 2.43 bits per heavy atom. The lowest BCUT2D eigenvalue weighted by Gasteiger charge is -2.06. The van der Waals surface area contributed by atoms with Crippen molar-refractivity contribution in [2.24, 2.45) is 0 Å². The number of carbonyl (C=O) groups is 1. The normalized spacial score (nSPS) is 11.1. The maximum absolute atomic E-state index is 11.5. The van der Waals surface area contributed by atoms with Crippen LogP contribution < -0.4 is 10.6 Å². The Hall–Kier alpha value is -0.870. The SMILES string of the molecule is CCCC/C=C/CC(=O)NCNCCCCCCCCO. The van der Waals surface area contributed by atoms with Gasteiger partial charge in [0.15, 0.2) is 0 Å². The molecule has 21 heavy (non-hydrogen) atoms. The molecule has 3 N–H and O–H groups in total. The van der Waals surface area contributed by atoms with Gasteiger partial charge >= 0.3 is 0 Å². The third-order valence-electron chi connectivity index (χ3n) is 3.37. The zero-order valence-electron chi connectivity index (χ0n) is 13.7. The third-order valence-corrected chi connectivity index (χ3v) is 3.37. The first-order valence-corrected chi connectivity index (χ1v) is 8.54. The van der Waals surface area contributed by atoms with Gasteiger partial charge in [0, 0.05) is 13.0 Å². The van der Waals surface area contributed by atoms with E-state index in [1.165, 1.54) is 32.1 Å². The van der Waals surface area contributed by atoms with Gasteiger partial charge in [0.05, 0.1) is 6.67 Å². The number of hydrogen-bond donors (Lipinski definition) is 3. The van der Waals surface area contributed by atoms with E-state index in [1.54, 1.807) is 0 Å². The molecule has 0 saturated heterocycles. The fourth-order valence-corrected chi connectivity index (χ4v) is 2.02. The zero-order chi connectivity index (χ0) is 15.6. The molecular formula is C17H34N2O2. The molecule has 0 saturated carbocycles. The van der Waals surface area contributed by atoms with Crippen LogP contribution in [0.5, 0.6) is 0 Å². The number of unbranched alkanes of at least 4 members (excludes halogenated alkanes) is 7.